The van der Waals surface area contributed by atoms with Crippen LogP contribution in [0.2, 0.25) is 0 Å². The van der Waals surface area contributed by atoms with Crippen molar-refractivity contribution in [1.82, 2.24) is 19.4 Å². The van der Waals surface area contributed by atoms with Gasteiger partial charge < -0.3 is 23.7 Å². The van der Waals surface area contributed by atoms with Crippen LogP contribution in [0.15, 0.2) is 35.3 Å². The normalized spacial score (nSPS) is 14.5. The van der Waals surface area contributed by atoms with Crippen molar-refractivity contribution in [3.05, 3.63) is 51.9 Å². The first-order valence-corrected chi connectivity index (χ1v) is 12.6. The van der Waals surface area contributed by atoms with Crippen LogP contribution in [0.25, 0.3) is 22.4 Å². The minimum atomic E-state index is -0.912. The second kappa shape index (κ2) is 11.6. The summed E-state index contributed by atoms with van der Waals surface area (Å²) in [6.07, 6.45) is 0.839. The van der Waals surface area contributed by atoms with E-state index in [1.165, 1.54) is 0 Å². The molecular formula is C28H40N4O5. The number of rotatable bonds is 10. The molecule has 202 valence electrons. The predicted octanol–water partition coefficient (Wildman–Crippen LogP) is 3.17. The van der Waals surface area contributed by atoms with E-state index in [2.05, 4.69) is 9.88 Å². The molecule has 1 aromatic carbocycles. The van der Waals surface area contributed by atoms with E-state index in [0.29, 0.717) is 18.7 Å². The number of aliphatic hydroxyl groups is 1. The Bertz CT molecular complexity index is 1280. The van der Waals surface area contributed by atoms with E-state index in [1.807, 2.05) is 52.0 Å². The Morgan fingerprint density at radius 2 is 1.92 bits per heavy atom. The Morgan fingerprint density at radius 1 is 1.22 bits per heavy atom. The third-order valence-electron chi connectivity index (χ3n) is 6.19. The lowest BCUT2D eigenvalue weighted by atomic mass is 9.98. The van der Waals surface area contributed by atoms with Gasteiger partial charge in [0.1, 0.15) is 11.9 Å². The summed E-state index contributed by atoms with van der Waals surface area (Å²) in [5.74, 6) is 0.270. The number of methoxy groups -OCH3 is 1. The molecule has 0 spiro atoms. The van der Waals surface area contributed by atoms with Gasteiger partial charge in [0.2, 0.25) is 0 Å². The Morgan fingerprint density at radius 3 is 2.51 bits per heavy atom. The highest BCUT2D eigenvalue weighted by Crippen LogP contribution is 2.26. The van der Waals surface area contributed by atoms with Gasteiger partial charge in [-0.1, -0.05) is 26.8 Å². The molecule has 9 nitrogen and oxygen atoms in total. The molecule has 0 fully saturated rings. The van der Waals surface area contributed by atoms with Crippen molar-refractivity contribution in [1.29, 1.82) is 0 Å². The van der Waals surface area contributed by atoms with Crippen molar-refractivity contribution in [2.45, 2.75) is 72.9 Å². The van der Waals surface area contributed by atoms with Gasteiger partial charge >= 0.3 is 5.97 Å². The number of hydrogen-bond donors (Lipinski definition) is 2. The van der Waals surface area contributed by atoms with Gasteiger partial charge in [-0.2, -0.15) is 0 Å². The summed E-state index contributed by atoms with van der Waals surface area (Å²) in [5.41, 5.74) is 3.91. The number of nitrogens with zero attached hydrogens (tertiary/aromatic N) is 3. The summed E-state index contributed by atoms with van der Waals surface area (Å²) in [4.78, 5) is 29.8. The maximum absolute atomic E-state index is 12.6. The van der Waals surface area contributed by atoms with Crippen molar-refractivity contribution in [2.24, 2.45) is 12.5 Å². The lowest BCUT2D eigenvalue weighted by Gasteiger charge is -2.23. The zero-order valence-corrected chi connectivity index (χ0v) is 23.2. The first-order valence-electron chi connectivity index (χ1n) is 12.6. The molecule has 3 atom stereocenters. The lowest BCUT2D eigenvalue weighted by Crippen LogP contribution is -2.46. The number of carbonyl (C=O) groups excluding carboxylic acids is 1. The van der Waals surface area contributed by atoms with Crippen LogP contribution in [0.4, 0.5) is 0 Å². The largest absolute Gasteiger partial charge is 0.464 e. The van der Waals surface area contributed by atoms with E-state index in [1.54, 1.807) is 38.8 Å². The molecule has 2 N–H and O–H groups in total. The molecule has 0 aliphatic carbocycles. The van der Waals surface area contributed by atoms with Crippen molar-refractivity contribution < 1.29 is 19.4 Å². The Kier molecular flexibility index (Phi) is 8.94. The molecule has 3 rings (SSSR count). The average Bonchev–Trinajstić information content (AvgIpc) is 3.17. The number of esters is 1. The van der Waals surface area contributed by atoms with Crippen LogP contribution in [0, 0.1) is 12.3 Å². The monoisotopic (exact) mass is 512 g/mol. The SMILES string of the molecule is COC(C)Cn1c(-c2cc(C)c(=O)n(C)c2)nc2cc(CN[C@@H](C(=O)OCC(C)(C)C)C(C)O)ccc21. The van der Waals surface area contributed by atoms with Gasteiger partial charge in [-0.05, 0) is 49.9 Å². The number of imidazole rings is 1. The third-order valence-corrected chi connectivity index (χ3v) is 6.19. The molecule has 2 heterocycles. The zero-order chi connectivity index (χ0) is 27.5. The second-order valence-electron chi connectivity index (χ2n) is 11.0. The average molecular weight is 513 g/mol. The lowest BCUT2D eigenvalue weighted by molar-refractivity contribution is -0.151. The van der Waals surface area contributed by atoms with Crippen LogP contribution in [-0.4, -0.2) is 57.2 Å². The summed E-state index contributed by atoms with van der Waals surface area (Å²) in [6, 6.07) is 6.95. The number of aromatic nitrogens is 3. The van der Waals surface area contributed by atoms with Gasteiger partial charge in [-0.25, -0.2) is 4.98 Å². The van der Waals surface area contributed by atoms with Gasteiger partial charge in [-0.3, -0.25) is 14.9 Å². The van der Waals surface area contributed by atoms with E-state index in [-0.39, 0.29) is 23.7 Å². The number of aryl methyl sites for hydroxylation is 2. The van der Waals surface area contributed by atoms with Crippen LogP contribution in [0.3, 0.4) is 0 Å². The molecule has 3 aromatic rings. The Labute approximate surface area is 218 Å². The molecule has 2 aromatic heterocycles. The highest BCUT2D eigenvalue weighted by atomic mass is 16.5. The Balaban J connectivity index is 1.92. The Hall–Kier alpha value is -3.01. The smallest absolute Gasteiger partial charge is 0.325 e. The summed E-state index contributed by atoms with van der Waals surface area (Å²) < 4.78 is 14.6. The minimum Gasteiger partial charge on any atom is -0.464 e. The molecule has 2 unspecified atom stereocenters. The highest BCUT2D eigenvalue weighted by molar-refractivity contribution is 5.81. The molecule has 0 bridgehead atoms. The first kappa shape index (κ1) is 28.6. The van der Waals surface area contributed by atoms with Gasteiger partial charge in [0.15, 0.2) is 0 Å². The van der Waals surface area contributed by atoms with Crippen molar-refractivity contribution in [3.8, 4) is 11.4 Å². The van der Waals surface area contributed by atoms with Crippen molar-refractivity contribution in [2.75, 3.05) is 13.7 Å². The van der Waals surface area contributed by atoms with Gasteiger partial charge in [0, 0.05) is 38.0 Å². The predicted molar refractivity (Wildman–Crippen MR) is 144 cm³/mol. The zero-order valence-electron chi connectivity index (χ0n) is 23.2. The maximum Gasteiger partial charge on any atom is 0.325 e. The molecule has 0 saturated heterocycles. The standard InChI is InChI=1S/C28H40N4O5/c1-17-11-21(15-31(7)26(17)34)25-30-22-12-20(9-10-23(22)32(25)14-18(2)36-8)13-29-24(19(3)33)27(35)37-16-28(4,5)6/h9-12,15,18-19,24,29,33H,13-14,16H2,1-8H3/t18?,19?,24-/m1/s1. The topological polar surface area (TPSA) is 108 Å². The minimum absolute atomic E-state index is 0.0428. The van der Waals surface area contributed by atoms with E-state index < -0.39 is 18.1 Å². The second-order valence-corrected chi connectivity index (χ2v) is 11.0. The molecule has 0 saturated carbocycles. The van der Waals surface area contributed by atoms with E-state index in [0.717, 1.165) is 28.0 Å². The van der Waals surface area contributed by atoms with E-state index in [9.17, 15) is 14.7 Å². The fourth-order valence-electron chi connectivity index (χ4n) is 4.08. The first-order chi connectivity index (χ1) is 17.3. The van der Waals surface area contributed by atoms with Crippen LogP contribution in [0.5, 0.6) is 0 Å². The van der Waals surface area contributed by atoms with Crippen LogP contribution >= 0.6 is 0 Å². The highest BCUT2D eigenvalue weighted by Gasteiger charge is 2.26. The van der Waals surface area contributed by atoms with Crippen molar-refractivity contribution >= 4 is 17.0 Å². The number of pyridine rings is 1. The number of ether oxygens (including phenoxy) is 2. The number of aliphatic hydroxyl groups excluding tert-OH is 1. The number of carbonyl (C=O) groups is 1. The number of fused-ring (bicyclic) bond motifs is 1. The summed E-state index contributed by atoms with van der Waals surface area (Å²) >= 11 is 0. The quantitative estimate of drug-likeness (QED) is 0.402. The van der Waals surface area contributed by atoms with Crippen LogP contribution in [0.1, 0.15) is 45.7 Å². The molecule has 0 aliphatic heterocycles. The van der Waals surface area contributed by atoms with E-state index >= 15 is 0 Å². The summed E-state index contributed by atoms with van der Waals surface area (Å²) in [6.45, 7) is 12.5. The molecule has 0 radical (unpaired) electrons. The van der Waals surface area contributed by atoms with Crippen LogP contribution < -0.4 is 10.9 Å². The third kappa shape index (κ3) is 7.06. The number of benzene rings is 1. The van der Waals surface area contributed by atoms with Gasteiger partial charge in [0.05, 0.1) is 36.4 Å². The molecule has 0 aliphatic rings. The van der Waals surface area contributed by atoms with E-state index in [4.69, 9.17) is 14.5 Å². The van der Waals surface area contributed by atoms with Gasteiger partial charge in [-0.15, -0.1) is 0 Å². The number of hydrogen-bond acceptors (Lipinski definition) is 7. The van der Waals surface area contributed by atoms with Crippen LogP contribution in [-0.2, 0) is 34.4 Å². The molecule has 9 heteroatoms. The van der Waals surface area contributed by atoms with Gasteiger partial charge in [0.25, 0.3) is 5.56 Å². The molecule has 37 heavy (non-hydrogen) atoms. The molecular weight excluding hydrogens is 472 g/mol. The maximum atomic E-state index is 12.6. The fourth-order valence-corrected chi connectivity index (χ4v) is 4.08. The summed E-state index contributed by atoms with van der Waals surface area (Å²) in [5, 5.41) is 13.3. The van der Waals surface area contributed by atoms with Crippen molar-refractivity contribution in [3.63, 3.8) is 0 Å². The fraction of sp³-hybridized carbons (Fsp3) is 0.536. The summed E-state index contributed by atoms with van der Waals surface area (Å²) in [7, 11) is 3.41. The molecule has 0 amide bonds. The number of nitrogens with one attached hydrogen (secondary N) is 1.